The molecule has 186 valence electrons. The van der Waals surface area contributed by atoms with Gasteiger partial charge in [0, 0.05) is 17.2 Å². The van der Waals surface area contributed by atoms with Crippen molar-refractivity contribution >= 4 is 11.6 Å². The maximum absolute atomic E-state index is 14.8. The van der Waals surface area contributed by atoms with Crippen molar-refractivity contribution in [1.82, 2.24) is 10.1 Å². The predicted octanol–water partition coefficient (Wildman–Crippen LogP) is 4.11. The van der Waals surface area contributed by atoms with Crippen molar-refractivity contribution in [2.45, 2.75) is 12.5 Å². The molecule has 9 nitrogen and oxygen atoms in total. The number of amides is 1. The maximum Gasteiger partial charge on any atom is 0.573 e. The number of benzene rings is 1. The summed E-state index contributed by atoms with van der Waals surface area (Å²) in [6.07, 6.45) is -8.02. The Bertz CT molecular complexity index is 1230. The SMILES string of the molecule is COc1cc(OC(F)(F)F)ccc1Oc1cnc(C(F)(F)F)c(F)c1C(=O)Nc1cc[n+](O)nc1. The molecule has 2 heterocycles. The standard InChI is InChI=1S/C19H11F7N4O5/c1-33-12-6-10(35-19(24,25)26)2-3-11(12)34-13-8-27-16(18(21,22)23)15(20)14(13)17(31)29-9-4-5-30(32)28-7-9/h2-8,32H,1H3/p+1. The molecule has 0 fully saturated rings. The number of pyridine rings is 1. The average molecular weight is 509 g/mol. The van der Waals surface area contributed by atoms with Gasteiger partial charge in [0.25, 0.3) is 12.1 Å². The first-order valence-electron chi connectivity index (χ1n) is 9.04. The van der Waals surface area contributed by atoms with Gasteiger partial charge in [-0.2, -0.15) is 13.2 Å². The van der Waals surface area contributed by atoms with E-state index in [-0.39, 0.29) is 5.69 Å². The molecular formula is C19H12F7N4O5+. The molecule has 0 aliphatic carbocycles. The van der Waals surface area contributed by atoms with E-state index in [1.807, 2.05) is 0 Å². The van der Waals surface area contributed by atoms with Gasteiger partial charge in [-0.15, -0.1) is 13.2 Å². The molecule has 0 radical (unpaired) electrons. The van der Waals surface area contributed by atoms with Gasteiger partial charge in [0.15, 0.2) is 28.8 Å². The van der Waals surface area contributed by atoms with Crippen LogP contribution < -0.4 is 24.4 Å². The summed E-state index contributed by atoms with van der Waals surface area (Å²) in [5, 5.41) is 14.6. The summed E-state index contributed by atoms with van der Waals surface area (Å²) in [5.41, 5.74) is -3.39. The molecule has 0 saturated heterocycles. The Kier molecular flexibility index (Phi) is 6.84. The molecule has 0 aliphatic heterocycles. The van der Waals surface area contributed by atoms with Gasteiger partial charge in [0.2, 0.25) is 0 Å². The molecule has 35 heavy (non-hydrogen) atoms. The zero-order valence-electron chi connectivity index (χ0n) is 17.1. The molecule has 16 heteroatoms. The fourth-order valence-corrected chi connectivity index (χ4v) is 2.62. The summed E-state index contributed by atoms with van der Waals surface area (Å²) in [6, 6.07) is 3.52. The summed E-state index contributed by atoms with van der Waals surface area (Å²) in [6.45, 7) is 0. The van der Waals surface area contributed by atoms with Gasteiger partial charge in [-0.1, -0.05) is 0 Å². The van der Waals surface area contributed by atoms with Crippen molar-refractivity contribution in [3.8, 4) is 23.0 Å². The largest absolute Gasteiger partial charge is 0.573 e. The Labute approximate surface area is 190 Å². The van der Waals surface area contributed by atoms with E-state index >= 15 is 0 Å². The Morgan fingerprint density at radius 2 is 1.77 bits per heavy atom. The number of rotatable bonds is 6. The van der Waals surface area contributed by atoms with Crippen molar-refractivity contribution in [3.63, 3.8) is 0 Å². The molecule has 2 N–H and O–H groups in total. The lowest BCUT2D eigenvalue weighted by Gasteiger charge is -2.17. The second kappa shape index (κ2) is 9.47. The van der Waals surface area contributed by atoms with Gasteiger partial charge in [-0.3, -0.25) is 10.0 Å². The van der Waals surface area contributed by atoms with Crippen molar-refractivity contribution in [2.24, 2.45) is 0 Å². The number of carbonyl (C=O) groups is 1. The first kappa shape index (κ1) is 25.3. The van der Waals surface area contributed by atoms with Crippen LogP contribution in [0.25, 0.3) is 0 Å². The van der Waals surface area contributed by atoms with Crippen LogP contribution in [0.15, 0.2) is 42.9 Å². The average Bonchev–Trinajstić information content (AvgIpc) is 2.74. The van der Waals surface area contributed by atoms with E-state index in [4.69, 9.17) is 14.7 Å². The van der Waals surface area contributed by atoms with E-state index in [9.17, 15) is 35.5 Å². The lowest BCUT2D eigenvalue weighted by Crippen LogP contribution is -2.33. The number of hydrogen-bond donors (Lipinski definition) is 2. The summed E-state index contributed by atoms with van der Waals surface area (Å²) in [4.78, 5) is 16.0. The van der Waals surface area contributed by atoms with Crippen LogP contribution >= 0.6 is 0 Å². The molecule has 1 aromatic carbocycles. The molecule has 1 amide bonds. The van der Waals surface area contributed by atoms with Gasteiger partial charge in [0.05, 0.1) is 19.0 Å². The third kappa shape index (κ3) is 6.15. The van der Waals surface area contributed by atoms with E-state index in [1.54, 1.807) is 0 Å². The van der Waals surface area contributed by atoms with Crippen LogP contribution in [-0.4, -0.2) is 34.7 Å². The Morgan fingerprint density at radius 1 is 1.06 bits per heavy atom. The first-order chi connectivity index (χ1) is 16.3. The third-order valence-electron chi connectivity index (χ3n) is 4.03. The molecule has 0 spiro atoms. The molecule has 0 aliphatic rings. The zero-order valence-corrected chi connectivity index (χ0v) is 17.1. The minimum atomic E-state index is -5.28. The van der Waals surface area contributed by atoms with E-state index in [1.165, 1.54) is 0 Å². The fraction of sp³-hybridized carbons (Fsp3) is 0.158. The second-order valence-electron chi connectivity index (χ2n) is 6.41. The fourth-order valence-electron chi connectivity index (χ4n) is 2.62. The monoisotopic (exact) mass is 509 g/mol. The quantitative estimate of drug-likeness (QED) is 0.293. The van der Waals surface area contributed by atoms with Crippen LogP contribution in [0, 0.1) is 5.82 Å². The second-order valence-corrected chi connectivity index (χ2v) is 6.41. The number of anilines is 1. The van der Waals surface area contributed by atoms with Crippen molar-refractivity contribution in [2.75, 3.05) is 12.4 Å². The summed E-state index contributed by atoms with van der Waals surface area (Å²) in [7, 11) is 1.04. The highest BCUT2D eigenvalue weighted by atomic mass is 19.4. The Hall–Kier alpha value is -4.37. The molecule has 2 aromatic heterocycles. The Balaban J connectivity index is 2.04. The van der Waals surface area contributed by atoms with Crippen LogP contribution in [-0.2, 0) is 6.18 Å². The van der Waals surface area contributed by atoms with Crippen LogP contribution in [0.2, 0.25) is 0 Å². The van der Waals surface area contributed by atoms with Crippen LogP contribution in [0.5, 0.6) is 23.0 Å². The van der Waals surface area contributed by atoms with Gasteiger partial charge < -0.3 is 19.5 Å². The topological polar surface area (TPSA) is 107 Å². The molecule has 0 saturated carbocycles. The van der Waals surface area contributed by atoms with Crippen molar-refractivity contribution < 1.29 is 59.8 Å². The highest BCUT2D eigenvalue weighted by Crippen LogP contribution is 2.39. The van der Waals surface area contributed by atoms with E-state index in [0.29, 0.717) is 11.0 Å². The predicted molar refractivity (Wildman–Crippen MR) is 98.5 cm³/mol. The third-order valence-corrected chi connectivity index (χ3v) is 4.03. The lowest BCUT2D eigenvalue weighted by atomic mass is 10.1. The van der Waals surface area contributed by atoms with Gasteiger partial charge in [0.1, 0.15) is 22.4 Å². The number of halogens is 7. The number of nitrogens with one attached hydrogen (secondary N) is 1. The highest BCUT2D eigenvalue weighted by molar-refractivity contribution is 6.06. The molecule has 3 aromatic rings. The van der Waals surface area contributed by atoms with E-state index in [2.05, 4.69) is 20.1 Å². The van der Waals surface area contributed by atoms with E-state index in [0.717, 1.165) is 43.8 Å². The minimum Gasteiger partial charge on any atom is -0.493 e. The van der Waals surface area contributed by atoms with E-state index < -0.39 is 58.5 Å². The van der Waals surface area contributed by atoms with Crippen LogP contribution in [0.1, 0.15) is 16.1 Å². The number of methoxy groups -OCH3 is 1. The number of nitrogens with zero attached hydrogens (tertiary/aromatic N) is 3. The van der Waals surface area contributed by atoms with Crippen LogP contribution in [0.3, 0.4) is 0 Å². The smallest absolute Gasteiger partial charge is 0.493 e. The molecule has 0 atom stereocenters. The molecule has 0 bridgehead atoms. The number of alkyl halides is 6. The number of carbonyl (C=O) groups excluding carboxylic acids is 1. The molecule has 3 rings (SSSR count). The number of aromatic nitrogens is 3. The highest BCUT2D eigenvalue weighted by Gasteiger charge is 2.39. The maximum atomic E-state index is 14.8. The number of ether oxygens (including phenoxy) is 3. The van der Waals surface area contributed by atoms with Crippen molar-refractivity contribution in [3.05, 3.63) is 59.9 Å². The van der Waals surface area contributed by atoms with Gasteiger partial charge in [-0.25, -0.2) is 9.37 Å². The first-order valence-corrected chi connectivity index (χ1v) is 9.04. The van der Waals surface area contributed by atoms with Crippen LogP contribution in [0.4, 0.5) is 36.4 Å². The normalized spacial score (nSPS) is 11.7. The summed E-state index contributed by atoms with van der Waals surface area (Å²) in [5.74, 6) is -5.83. The molecule has 0 unspecified atom stereocenters. The van der Waals surface area contributed by atoms with Crippen molar-refractivity contribution in [1.29, 1.82) is 0 Å². The molecular weight excluding hydrogens is 497 g/mol. The summed E-state index contributed by atoms with van der Waals surface area (Å²) < 4.78 is 106. The Morgan fingerprint density at radius 3 is 2.34 bits per heavy atom. The van der Waals surface area contributed by atoms with Gasteiger partial charge >= 0.3 is 12.5 Å². The number of hydrogen-bond acceptors (Lipinski definition) is 7. The zero-order chi connectivity index (χ0) is 26.0. The van der Waals surface area contributed by atoms with Gasteiger partial charge in [-0.05, 0) is 12.1 Å². The summed E-state index contributed by atoms with van der Waals surface area (Å²) >= 11 is 0. The minimum absolute atomic E-state index is 0.137. The lowest BCUT2D eigenvalue weighted by molar-refractivity contribution is -0.948.